The van der Waals surface area contributed by atoms with Gasteiger partial charge in [0.2, 0.25) is 5.91 Å². The van der Waals surface area contributed by atoms with Crippen molar-refractivity contribution < 1.29 is 19.2 Å². The summed E-state index contributed by atoms with van der Waals surface area (Å²) in [4.78, 5) is 40.0. The van der Waals surface area contributed by atoms with E-state index in [2.05, 4.69) is 26.8 Å². The summed E-state index contributed by atoms with van der Waals surface area (Å²) in [6.45, 7) is 6.69. The number of hydrogen-bond acceptors (Lipinski definition) is 7. The van der Waals surface area contributed by atoms with E-state index in [9.17, 15) is 19.7 Å². The number of hydrogen-bond donors (Lipinski definition) is 2. The topological polar surface area (TPSA) is 126 Å². The van der Waals surface area contributed by atoms with Crippen molar-refractivity contribution in [3.05, 3.63) is 56.8 Å². The van der Waals surface area contributed by atoms with Gasteiger partial charge < -0.3 is 15.0 Å². The van der Waals surface area contributed by atoms with Gasteiger partial charge in [0, 0.05) is 36.3 Å². The fraction of sp³-hybridized carbons (Fsp3) is 0.606. The molecule has 0 spiro atoms. The summed E-state index contributed by atoms with van der Waals surface area (Å²) in [6, 6.07) is 5.91. The van der Waals surface area contributed by atoms with Crippen LogP contribution in [-0.2, 0) is 14.3 Å². The molecule has 0 aromatic heterocycles. The van der Waals surface area contributed by atoms with Crippen molar-refractivity contribution in [1.82, 2.24) is 15.6 Å². The van der Waals surface area contributed by atoms with E-state index < -0.39 is 11.0 Å². The summed E-state index contributed by atoms with van der Waals surface area (Å²) in [6.07, 6.45) is 12.1. The van der Waals surface area contributed by atoms with Crippen LogP contribution in [0.25, 0.3) is 6.08 Å². The van der Waals surface area contributed by atoms with Crippen LogP contribution in [0.15, 0.2) is 46.2 Å². The first-order chi connectivity index (χ1) is 20.7. The summed E-state index contributed by atoms with van der Waals surface area (Å²) >= 11 is 0. The number of hydrazone groups is 1. The van der Waals surface area contributed by atoms with Gasteiger partial charge in [-0.1, -0.05) is 13.8 Å². The molecule has 1 aliphatic heterocycles. The normalized spacial score (nSPS) is 30.0. The smallest absolute Gasteiger partial charge is 0.269 e. The number of ether oxygens (including phenoxy) is 1. The number of benzene rings is 1. The fourth-order valence-electron chi connectivity index (χ4n) is 8.53. The van der Waals surface area contributed by atoms with Gasteiger partial charge in [0.05, 0.1) is 24.4 Å². The van der Waals surface area contributed by atoms with Crippen LogP contribution in [0.4, 0.5) is 5.69 Å². The second-order valence-electron chi connectivity index (χ2n) is 13.6. The molecule has 2 N–H and O–H groups in total. The molecule has 2 amide bonds. The van der Waals surface area contributed by atoms with Crippen molar-refractivity contribution in [2.45, 2.75) is 71.3 Å². The van der Waals surface area contributed by atoms with Gasteiger partial charge in [0.25, 0.3) is 11.6 Å². The van der Waals surface area contributed by atoms with Crippen LogP contribution in [0.3, 0.4) is 0 Å². The molecule has 6 aliphatic rings. The minimum atomic E-state index is -0.647. The number of non-ortho nitro benzene ring substituents is 1. The molecular weight excluding hydrogens is 546 g/mol. The highest BCUT2D eigenvalue weighted by Crippen LogP contribution is 2.60. The number of nitro benzene ring substituents is 1. The maximum atomic E-state index is 13.7. The van der Waals surface area contributed by atoms with Gasteiger partial charge in [-0.2, -0.15) is 5.10 Å². The Labute approximate surface area is 253 Å². The Bertz CT molecular complexity index is 1310. The Balaban J connectivity index is 1.16. The minimum absolute atomic E-state index is 0.0542. The average molecular weight is 590 g/mol. The Morgan fingerprint density at radius 3 is 2.26 bits per heavy atom. The van der Waals surface area contributed by atoms with Gasteiger partial charge in [0.15, 0.2) is 0 Å². The standard InChI is InChI=1S/C33H43N5O5/c1-21(2)29(35-32(40)33-17-23-13-24(18-33)15-25(14-23)19-33)31(39)36-34-20-27-6-5-26(30(27)37-9-11-43-12-10-37)16-22-3-7-28(8-4-22)38(41)42/h3-4,7-8,16,20-21,23-25,29H,5-6,9-15,17-19H2,1-2H3,(H,35,40)(H,36,39). The lowest BCUT2D eigenvalue weighted by Gasteiger charge is -2.55. The zero-order valence-corrected chi connectivity index (χ0v) is 25.2. The summed E-state index contributed by atoms with van der Waals surface area (Å²) in [7, 11) is 0. The molecule has 1 atom stereocenters. The summed E-state index contributed by atoms with van der Waals surface area (Å²) in [5, 5.41) is 18.6. The molecule has 10 nitrogen and oxygen atoms in total. The van der Waals surface area contributed by atoms with Crippen LogP contribution >= 0.6 is 0 Å². The van der Waals surface area contributed by atoms with Crippen molar-refractivity contribution in [1.29, 1.82) is 0 Å². The number of nitrogens with zero attached hydrogens (tertiary/aromatic N) is 3. The van der Waals surface area contributed by atoms with E-state index in [1.807, 2.05) is 13.8 Å². The van der Waals surface area contributed by atoms with Crippen LogP contribution in [0.1, 0.15) is 70.8 Å². The Morgan fingerprint density at radius 1 is 1.05 bits per heavy atom. The van der Waals surface area contributed by atoms with Crippen LogP contribution in [0.5, 0.6) is 0 Å². The molecule has 43 heavy (non-hydrogen) atoms. The second kappa shape index (κ2) is 12.2. The molecule has 1 aromatic carbocycles. The summed E-state index contributed by atoms with van der Waals surface area (Å²) in [5.74, 6) is 1.67. The SMILES string of the molecule is CC(C)C(NC(=O)C12CC3CC(CC(C3)C1)C2)C(=O)NN=CC1=C(N2CCOCC2)C(=Cc2ccc([N+](=O)[O-])cc2)CC1. The molecule has 0 radical (unpaired) electrons. The Hall–Kier alpha value is -3.53. The maximum Gasteiger partial charge on any atom is 0.269 e. The summed E-state index contributed by atoms with van der Waals surface area (Å²) in [5.41, 5.74) is 6.62. The highest BCUT2D eigenvalue weighted by Gasteiger charge is 2.55. The predicted octanol–water partition coefficient (Wildman–Crippen LogP) is 4.82. The van der Waals surface area contributed by atoms with Gasteiger partial charge in [-0.05, 0) is 110 Å². The van der Waals surface area contributed by atoms with E-state index >= 15 is 0 Å². The first-order valence-electron chi connectivity index (χ1n) is 15.9. The number of carbonyl (C=O) groups excluding carboxylic acids is 2. The van der Waals surface area contributed by atoms with E-state index in [-0.39, 0.29) is 28.8 Å². The van der Waals surface area contributed by atoms with Gasteiger partial charge >= 0.3 is 0 Å². The van der Waals surface area contributed by atoms with Crippen LogP contribution in [-0.4, -0.2) is 60.2 Å². The van der Waals surface area contributed by atoms with E-state index in [0.717, 1.165) is 67.6 Å². The van der Waals surface area contributed by atoms with Gasteiger partial charge in [-0.25, -0.2) is 5.43 Å². The minimum Gasteiger partial charge on any atom is -0.378 e. The molecule has 1 unspecified atom stereocenters. The molecule has 230 valence electrons. The van der Waals surface area contributed by atoms with Crippen molar-refractivity contribution in [2.24, 2.45) is 34.2 Å². The van der Waals surface area contributed by atoms with Gasteiger partial charge in [-0.15, -0.1) is 0 Å². The fourth-order valence-corrected chi connectivity index (χ4v) is 8.53. The predicted molar refractivity (Wildman–Crippen MR) is 164 cm³/mol. The van der Waals surface area contributed by atoms with E-state index in [4.69, 9.17) is 4.74 Å². The van der Waals surface area contributed by atoms with Crippen LogP contribution in [0.2, 0.25) is 0 Å². The van der Waals surface area contributed by atoms with Gasteiger partial charge in [0.1, 0.15) is 6.04 Å². The van der Waals surface area contributed by atoms with Gasteiger partial charge in [-0.3, -0.25) is 19.7 Å². The first kappa shape index (κ1) is 29.5. The molecule has 1 aromatic rings. The third-order valence-corrected chi connectivity index (χ3v) is 10.2. The Morgan fingerprint density at radius 2 is 1.67 bits per heavy atom. The summed E-state index contributed by atoms with van der Waals surface area (Å²) < 4.78 is 5.58. The molecule has 5 fully saturated rings. The molecule has 5 aliphatic carbocycles. The van der Waals surface area contributed by atoms with Crippen LogP contribution in [0, 0.1) is 39.2 Å². The number of carbonyl (C=O) groups is 2. The molecular formula is C33H43N5O5. The molecule has 1 heterocycles. The van der Waals surface area contributed by atoms with Crippen molar-refractivity contribution in [2.75, 3.05) is 26.3 Å². The monoisotopic (exact) mass is 589 g/mol. The Kier molecular flexibility index (Phi) is 8.40. The lowest BCUT2D eigenvalue weighted by atomic mass is 9.49. The zero-order chi connectivity index (χ0) is 30.1. The highest BCUT2D eigenvalue weighted by atomic mass is 16.6. The van der Waals surface area contributed by atoms with Crippen LogP contribution < -0.4 is 10.7 Å². The molecule has 10 heteroatoms. The number of rotatable bonds is 9. The van der Waals surface area contributed by atoms with E-state index in [1.54, 1.807) is 18.3 Å². The maximum absolute atomic E-state index is 13.7. The average Bonchev–Trinajstić information content (AvgIpc) is 3.37. The molecule has 7 rings (SSSR count). The second-order valence-corrected chi connectivity index (χ2v) is 13.6. The van der Waals surface area contributed by atoms with Crippen molar-refractivity contribution in [3.8, 4) is 0 Å². The number of nitro groups is 1. The molecule has 1 saturated heterocycles. The largest absolute Gasteiger partial charge is 0.378 e. The quantitative estimate of drug-likeness (QED) is 0.242. The van der Waals surface area contributed by atoms with Crippen molar-refractivity contribution in [3.63, 3.8) is 0 Å². The van der Waals surface area contributed by atoms with E-state index in [1.165, 1.54) is 31.4 Å². The number of morpholine rings is 1. The molecule has 4 saturated carbocycles. The number of allylic oxidation sites excluding steroid dienone is 2. The van der Waals surface area contributed by atoms with E-state index in [0.29, 0.717) is 31.0 Å². The number of amides is 2. The third kappa shape index (κ3) is 6.25. The lowest BCUT2D eigenvalue weighted by molar-refractivity contribution is -0.384. The lowest BCUT2D eigenvalue weighted by Crippen LogP contribution is -2.58. The highest BCUT2D eigenvalue weighted by molar-refractivity contribution is 5.91. The van der Waals surface area contributed by atoms with Crippen molar-refractivity contribution >= 4 is 29.8 Å². The zero-order valence-electron chi connectivity index (χ0n) is 25.2. The third-order valence-electron chi connectivity index (χ3n) is 10.2. The molecule has 4 bridgehead atoms. The number of nitrogens with one attached hydrogen (secondary N) is 2. The first-order valence-corrected chi connectivity index (χ1v) is 15.9.